The maximum atomic E-state index is 12.5. The molecule has 5 heteroatoms. The first kappa shape index (κ1) is 16.5. The number of likely N-dealkylation sites (tertiary alicyclic amines) is 1. The van der Waals surface area contributed by atoms with E-state index < -0.39 is 0 Å². The van der Waals surface area contributed by atoms with E-state index >= 15 is 0 Å². The van der Waals surface area contributed by atoms with Crippen LogP contribution in [0, 0.1) is 11.8 Å². The lowest BCUT2D eigenvalue weighted by Gasteiger charge is -2.25. The Hall–Kier alpha value is -1.36. The number of nitrogens with one attached hydrogen (secondary N) is 1. The SMILES string of the molecule is C[C@@H]1C[C@@H]1C(=O)NCCC(=O)N1CCC[C@@H]1c1cccc(Br)c1. The molecule has 1 aromatic carbocycles. The fourth-order valence-electron chi connectivity index (χ4n) is 3.38. The molecule has 1 heterocycles. The van der Waals surface area contributed by atoms with Crippen LogP contribution in [0.25, 0.3) is 0 Å². The molecule has 1 N–H and O–H groups in total. The van der Waals surface area contributed by atoms with E-state index in [0.717, 1.165) is 30.3 Å². The fraction of sp³-hybridized carbons (Fsp3) is 0.556. The van der Waals surface area contributed by atoms with Crippen LogP contribution in [-0.4, -0.2) is 29.8 Å². The van der Waals surface area contributed by atoms with Gasteiger partial charge in [-0.3, -0.25) is 9.59 Å². The van der Waals surface area contributed by atoms with E-state index in [1.807, 2.05) is 17.0 Å². The van der Waals surface area contributed by atoms with Crippen molar-refractivity contribution in [3.05, 3.63) is 34.3 Å². The van der Waals surface area contributed by atoms with E-state index in [-0.39, 0.29) is 23.8 Å². The average molecular weight is 379 g/mol. The van der Waals surface area contributed by atoms with E-state index in [9.17, 15) is 9.59 Å². The summed E-state index contributed by atoms with van der Waals surface area (Å²) in [6.07, 6.45) is 3.41. The third kappa shape index (κ3) is 3.94. The third-order valence-electron chi connectivity index (χ3n) is 4.89. The molecule has 0 bridgehead atoms. The van der Waals surface area contributed by atoms with E-state index in [1.54, 1.807) is 0 Å². The first-order chi connectivity index (χ1) is 11.1. The molecule has 1 aliphatic heterocycles. The van der Waals surface area contributed by atoms with E-state index in [0.29, 0.717) is 18.9 Å². The van der Waals surface area contributed by atoms with Gasteiger partial charge in [0.05, 0.1) is 6.04 Å². The summed E-state index contributed by atoms with van der Waals surface area (Å²) in [7, 11) is 0. The molecule has 3 rings (SSSR count). The molecule has 23 heavy (non-hydrogen) atoms. The standard InChI is InChI=1S/C18H23BrN2O2/c1-12-10-15(12)18(23)20-8-7-17(22)21-9-3-6-16(21)13-4-2-5-14(19)11-13/h2,4-5,11-12,15-16H,3,6-10H2,1H3,(H,20,23)/t12-,15+,16-/m1/s1. The molecule has 1 saturated carbocycles. The molecule has 3 atom stereocenters. The molecule has 2 aliphatic rings. The number of amides is 2. The van der Waals surface area contributed by atoms with Crippen molar-refractivity contribution in [2.45, 2.75) is 38.6 Å². The summed E-state index contributed by atoms with van der Waals surface area (Å²) >= 11 is 3.50. The largest absolute Gasteiger partial charge is 0.355 e. The van der Waals surface area contributed by atoms with Crippen molar-refractivity contribution in [1.82, 2.24) is 10.2 Å². The number of carbonyl (C=O) groups is 2. The lowest BCUT2D eigenvalue weighted by atomic mass is 10.0. The molecule has 124 valence electrons. The Morgan fingerprint density at radius 3 is 2.87 bits per heavy atom. The highest BCUT2D eigenvalue weighted by atomic mass is 79.9. The second-order valence-corrected chi connectivity index (χ2v) is 7.58. The molecule has 1 aliphatic carbocycles. The van der Waals surface area contributed by atoms with Gasteiger partial charge >= 0.3 is 0 Å². The molecule has 0 spiro atoms. The van der Waals surface area contributed by atoms with Gasteiger partial charge in [-0.2, -0.15) is 0 Å². The quantitative estimate of drug-likeness (QED) is 0.854. The van der Waals surface area contributed by atoms with E-state index in [4.69, 9.17) is 0 Å². The number of rotatable bonds is 5. The molecule has 0 aromatic heterocycles. The minimum absolute atomic E-state index is 0.107. The van der Waals surface area contributed by atoms with Gasteiger partial charge in [-0.05, 0) is 42.9 Å². The van der Waals surface area contributed by atoms with Crippen LogP contribution in [0.3, 0.4) is 0 Å². The Kier molecular flexibility index (Phi) is 5.05. The van der Waals surface area contributed by atoms with Crippen molar-refractivity contribution in [1.29, 1.82) is 0 Å². The number of hydrogen-bond donors (Lipinski definition) is 1. The summed E-state index contributed by atoms with van der Waals surface area (Å²) in [5, 5.41) is 2.90. The fourth-order valence-corrected chi connectivity index (χ4v) is 3.80. The first-order valence-electron chi connectivity index (χ1n) is 8.39. The second kappa shape index (κ2) is 7.04. The van der Waals surface area contributed by atoms with Gasteiger partial charge in [0.25, 0.3) is 0 Å². The number of carbonyl (C=O) groups excluding carboxylic acids is 2. The van der Waals surface area contributed by atoms with Crippen molar-refractivity contribution in [3.8, 4) is 0 Å². The van der Waals surface area contributed by atoms with Crippen molar-refractivity contribution in [2.24, 2.45) is 11.8 Å². The highest BCUT2D eigenvalue weighted by Gasteiger charge is 2.39. The summed E-state index contributed by atoms with van der Waals surface area (Å²) in [6, 6.07) is 8.35. The smallest absolute Gasteiger partial charge is 0.224 e. The third-order valence-corrected chi connectivity index (χ3v) is 5.38. The Morgan fingerprint density at radius 1 is 1.39 bits per heavy atom. The van der Waals surface area contributed by atoms with Crippen LogP contribution in [0.5, 0.6) is 0 Å². The Bertz CT molecular complexity index is 604. The van der Waals surface area contributed by atoms with Gasteiger partial charge in [0.2, 0.25) is 11.8 Å². The summed E-state index contributed by atoms with van der Waals surface area (Å²) in [5.41, 5.74) is 1.18. The van der Waals surface area contributed by atoms with Crippen molar-refractivity contribution in [2.75, 3.05) is 13.1 Å². The lowest BCUT2D eigenvalue weighted by molar-refractivity contribution is -0.132. The molecule has 1 saturated heterocycles. The maximum Gasteiger partial charge on any atom is 0.224 e. The normalized spacial score (nSPS) is 26.2. The first-order valence-corrected chi connectivity index (χ1v) is 9.18. The predicted molar refractivity (Wildman–Crippen MR) is 92.7 cm³/mol. The molecule has 2 amide bonds. The second-order valence-electron chi connectivity index (χ2n) is 6.66. The number of benzene rings is 1. The van der Waals surface area contributed by atoms with Gasteiger partial charge < -0.3 is 10.2 Å². The topological polar surface area (TPSA) is 49.4 Å². The van der Waals surface area contributed by atoms with Crippen LogP contribution in [0.2, 0.25) is 0 Å². The van der Waals surface area contributed by atoms with Crippen LogP contribution in [0.1, 0.15) is 44.2 Å². The van der Waals surface area contributed by atoms with Gasteiger partial charge in [-0.15, -0.1) is 0 Å². The summed E-state index contributed by atoms with van der Waals surface area (Å²) in [6.45, 7) is 3.34. The zero-order chi connectivity index (χ0) is 16.4. The lowest BCUT2D eigenvalue weighted by Crippen LogP contribution is -2.34. The highest BCUT2D eigenvalue weighted by molar-refractivity contribution is 9.10. The van der Waals surface area contributed by atoms with Crippen molar-refractivity contribution >= 4 is 27.7 Å². The van der Waals surface area contributed by atoms with Crippen LogP contribution >= 0.6 is 15.9 Å². The summed E-state index contributed by atoms with van der Waals surface area (Å²) in [4.78, 5) is 26.3. The minimum Gasteiger partial charge on any atom is -0.355 e. The molecule has 0 radical (unpaired) electrons. The van der Waals surface area contributed by atoms with Gasteiger partial charge in [0.15, 0.2) is 0 Å². The van der Waals surface area contributed by atoms with Gasteiger partial charge in [-0.1, -0.05) is 35.0 Å². The van der Waals surface area contributed by atoms with Crippen LogP contribution < -0.4 is 5.32 Å². The maximum absolute atomic E-state index is 12.5. The predicted octanol–water partition coefficient (Wildman–Crippen LogP) is 3.27. The zero-order valence-electron chi connectivity index (χ0n) is 13.4. The average Bonchev–Trinajstić information content (AvgIpc) is 3.07. The van der Waals surface area contributed by atoms with Gasteiger partial charge in [0.1, 0.15) is 0 Å². The highest BCUT2D eigenvalue weighted by Crippen LogP contribution is 2.37. The Balaban J connectivity index is 1.52. The monoisotopic (exact) mass is 378 g/mol. The van der Waals surface area contributed by atoms with Gasteiger partial charge in [0, 0.05) is 29.9 Å². The number of nitrogens with zero attached hydrogens (tertiary/aromatic N) is 1. The minimum atomic E-state index is 0.107. The Morgan fingerprint density at radius 2 is 2.17 bits per heavy atom. The summed E-state index contributed by atoms with van der Waals surface area (Å²) < 4.78 is 1.04. The molecule has 4 nitrogen and oxygen atoms in total. The van der Waals surface area contributed by atoms with Crippen LogP contribution in [0.15, 0.2) is 28.7 Å². The molecule has 0 unspecified atom stereocenters. The van der Waals surface area contributed by atoms with E-state index in [1.165, 1.54) is 5.56 Å². The van der Waals surface area contributed by atoms with Crippen LogP contribution in [0.4, 0.5) is 0 Å². The number of hydrogen-bond acceptors (Lipinski definition) is 2. The molecular formula is C18H23BrN2O2. The zero-order valence-corrected chi connectivity index (χ0v) is 15.0. The van der Waals surface area contributed by atoms with E-state index in [2.05, 4.69) is 40.3 Å². The number of halogens is 1. The molecular weight excluding hydrogens is 356 g/mol. The van der Waals surface area contributed by atoms with Crippen LogP contribution in [-0.2, 0) is 9.59 Å². The van der Waals surface area contributed by atoms with Gasteiger partial charge in [-0.25, -0.2) is 0 Å². The van der Waals surface area contributed by atoms with Crippen molar-refractivity contribution < 1.29 is 9.59 Å². The van der Waals surface area contributed by atoms with Crippen molar-refractivity contribution in [3.63, 3.8) is 0 Å². The molecule has 2 fully saturated rings. The Labute approximate surface area is 145 Å². The molecule has 1 aromatic rings. The summed E-state index contributed by atoms with van der Waals surface area (Å²) in [5.74, 6) is 0.920.